The average Bonchev–Trinajstić information content (AvgIpc) is 2.44. The Morgan fingerprint density at radius 1 is 1.15 bits per heavy atom. The van der Waals surface area contributed by atoms with Gasteiger partial charge >= 0.3 is 5.97 Å². The topological polar surface area (TPSA) is 44.8 Å². The fourth-order valence-electron chi connectivity index (χ4n) is 2.30. The Kier molecular flexibility index (Phi) is 8.36. The molecular weight excluding hydrogens is 256 g/mol. The van der Waals surface area contributed by atoms with Crippen molar-refractivity contribution in [3.05, 3.63) is 0 Å². The fourth-order valence-corrected chi connectivity index (χ4v) is 2.30. The second-order valence-corrected chi connectivity index (χ2v) is 6.33. The first-order valence-corrected chi connectivity index (χ1v) is 7.78. The van der Waals surface area contributed by atoms with Gasteiger partial charge in [0.15, 0.2) is 0 Å². The lowest BCUT2D eigenvalue weighted by Gasteiger charge is -2.44. The molecule has 0 rings (SSSR count). The molecule has 2 unspecified atom stereocenters. The largest absolute Gasteiger partial charge is 0.351 e. The molecule has 4 heteroatoms. The molecule has 0 heterocycles. The molecule has 0 saturated carbocycles. The van der Waals surface area contributed by atoms with Crippen molar-refractivity contribution in [1.29, 1.82) is 0 Å². The van der Waals surface area contributed by atoms with Gasteiger partial charge in [0.25, 0.3) is 0 Å². The van der Waals surface area contributed by atoms with Gasteiger partial charge in [-0.3, -0.25) is 4.89 Å². The van der Waals surface area contributed by atoms with Crippen LogP contribution in [0.3, 0.4) is 0 Å². The zero-order valence-electron chi connectivity index (χ0n) is 14.2. The van der Waals surface area contributed by atoms with Crippen LogP contribution in [0.25, 0.3) is 0 Å². The number of rotatable bonds is 10. The van der Waals surface area contributed by atoms with Crippen molar-refractivity contribution < 1.29 is 19.6 Å². The van der Waals surface area contributed by atoms with E-state index in [4.69, 9.17) is 9.78 Å². The van der Waals surface area contributed by atoms with Crippen LogP contribution < -0.4 is 0 Å². The van der Waals surface area contributed by atoms with Crippen molar-refractivity contribution in [2.75, 3.05) is 6.61 Å². The molecule has 0 bridgehead atoms. The van der Waals surface area contributed by atoms with Gasteiger partial charge in [-0.15, -0.1) is 0 Å². The van der Waals surface area contributed by atoms with Gasteiger partial charge in [0, 0.05) is 0 Å². The second kappa shape index (κ2) is 8.63. The molecule has 0 aromatic rings. The first-order chi connectivity index (χ1) is 9.27. The number of carbonyl (C=O) groups excluding carboxylic acids is 1. The van der Waals surface area contributed by atoms with Crippen LogP contribution in [0.1, 0.15) is 74.1 Å². The number of hydrogen-bond donors (Lipinski definition) is 0. The van der Waals surface area contributed by atoms with E-state index in [1.807, 2.05) is 13.8 Å². The van der Waals surface area contributed by atoms with E-state index in [0.29, 0.717) is 18.9 Å². The number of hydrogen-bond acceptors (Lipinski definition) is 4. The SMILES string of the molecule is CCCCOOOC(=O)C(C)(CC)C(C)(C)C(C)CC. The van der Waals surface area contributed by atoms with Gasteiger partial charge in [0.05, 0.1) is 12.0 Å². The lowest BCUT2D eigenvalue weighted by molar-refractivity contribution is -0.489. The maximum absolute atomic E-state index is 12.4. The van der Waals surface area contributed by atoms with Crippen LogP contribution in [-0.4, -0.2) is 12.6 Å². The Balaban J connectivity index is 4.66. The second-order valence-electron chi connectivity index (χ2n) is 6.33. The lowest BCUT2D eigenvalue weighted by atomic mass is 9.59. The quantitative estimate of drug-likeness (QED) is 0.332. The third kappa shape index (κ3) is 4.45. The Hall–Kier alpha value is -0.610. The minimum Gasteiger partial charge on any atom is -0.268 e. The van der Waals surface area contributed by atoms with Crippen LogP contribution in [0.2, 0.25) is 0 Å². The van der Waals surface area contributed by atoms with E-state index < -0.39 is 5.41 Å². The highest BCUT2D eigenvalue weighted by Crippen LogP contribution is 2.48. The lowest BCUT2D eigenvalue weighted by Crippen LogP contribution is -2.46. The fraction of sp³-hybridized carbons (Fsp3) is 0.938. The highest BCUT2D eigenvalue weighted by atomic mass is 17.5. The van der Waals surface area contributed by atoms with E-state index in [9.17, 15) is 4.79 Å². The van der Waals surface area contributed by atoms with Crippen molar-refractivity contribution in [2.24, 2.45) is 16.7 Å². The normalized spacial score (nSPS) is 16.6. The van der Waals surface area contributed by atoms with Crippen LogP contribution >= 0.6 is 0 Å². The molecule has 4 nitrogen and oxygen atoms in total. The van der Waals surface area contributed by atoms with Crippen molar-refractivity contribution in [2.45, 2.75) is 74.1 Å². The minimum atomic E-state index is -0.601. The predicted octanol–water partition coefficient (Wildman–Crippen LogP) is 4.68. The van der Waals surface area contributed by atoms with Gasteiger partial charge in [-0.25, -0.2) is 4.79 Å². The summed E-state index contributed by atoms with van der Waals surface area (Å²) >= 11 is 0. The number of carbonyl (C=O) groups is 1. The Labute approximate surface area is 124 Å². The molecular formula is C16H32O4. The molecule has 0 aromatic carbocycles. The summed E-state index contributed by atoms with van der Waals surface area (Å²) in [6.07, 6.45) is 3.59. The summed E-state index contributed by atoms with van der Waals surface area (Å²) in [6, 6.07) is 0. The Morgan fingerprint density at radius 3 is 2.20 bits per heavy atom. The summed E-state index contributed by atoms with van der Waals surface area (Å²) in [6.45, 7) is 15.0. The molecule has 0 aliphatic rings. The molecule has 120 valence electrons. The molecule has 0 aliphatic heterocycles. The predicted molar refractivity (Wildman–Crippen MR) is 79.7 cm³/mol. The third-order valence-corrected chi connectivity index (χ3v) is 5.16. The highest BCUT2D eigenvalue weighted by molar-refractivity contribution is 5.76. The summed E-state index contributed by atoms with van der Waals surface area (Å²) in [7, 11) is 0. The molecule has 0 N–H and O–H groups in total. The van der Waals surface area contributed by atoms with Crippen molar-refractivity contribution in [1.82, 2.24) is 0 Å². The number of unbranched alkanes of at least 4 members (excludes halogenated alkanes) is 1. The van der Waals surface area contributed by atoms with Gasteiger partial charge < -0.3 is 0 Å². The summed E-state index contributed by atoms with van der Waals surface area (Å²) < 4.78 is 0. The molecule has 20 heavy (non-hydrogen) atoms. The zero-order chi connectivity index (χ0) is 15.8. The van der Waals surface area contributed by atoms with Crippen LogP contribution in [-0.2, 0) is 19.6 Å². The molecule has 2 atom stereocenters. The summed E-state index contributed by atoms with van der Waals surface area (Å²) in [5.41, 5.74) is -0.781. The Bertz CT molecular complexity index is 288. The summed E-state index contributed by atoms with van der Waals surface area (Å²) in [4.78, 5) is 22.1. The summed E-state index contributed by atoms with van der Waals surface area (Å²) in [5.74, 6) is 0.0443. The maximum Gasteiger partial charge on any atom is 0.351 e. The minimum absolute atomic E-state index is 0.180. The van der Waals surface area contributed by atoms with Crippen molar-refractivity contribution in [3.8, 4) is 0 Å². The van der Waals surface area contributed by atoms with E-state index in [1.165, 1.54) is 0 Å². The van der Waals surface area contributed by atoms with Gasteiger partial charge in [-0.1, -0.05) is 54.4 Å². The molecule has 0 radical (unpaired) electrons. The molecule has 0 fully saturated rings. The van der Waals surface area contributed by atoms with Gasteiger partial charge in [-0.2, -0.15) is 4.89 Å². The Morgan fingerprint density at radius 2 is 1.75 bits per heavy atom. The highest BCUT2D eigenvalue weighted by Gasteiger charge is 2.50. The molecule has 0 aliphatic carbocycles. The van der Waals surface area contributed by atoms with E-state index in [-0.39, 0.29) is 11.4 Å². The third-order valence-electron chi connectivity index (χ3n) is 5.16. The molecule has 0 aromatic heterocycles. The van der Waals surface area contributed by atoms with Crippen LogP contribution in [0, 0.1) is 16.7 Å². The first-order valence-electron chi connectivity index (χ1n) is 7.78. The van der Waals surface area contributed by atoms with Crippen LogP contribution in [0.5, 0.6) is 0 Å². The smallest absolute Gasteiger partial charge is 0.268 e. The van der Waals surface area contributed by atoms with Gasteiger partial charge in [0.2, 0.25) is 0 Å². The van der Waals surface area contributed by atoms with Gasteiger partial charge in [-0.05, 0) is 36.1 Å². The zero-order valence-corrected chi connectivity index (χ0v) is 14.2. The van der Waals surface area contributed by atoms with E-state index in [1.54, 1.807) is 0 Å². The molecule has 0 amide bonds. The monoisotopic (exact) mass is 288 g/mol. The first kappa shape index (κ1) is 19.4. The van der Waals surface area contributed by atoms with E-state index in [0.717, 1.165) is 19.3 Å². The van der Waals surface area contributed by atoms with Crippen molar-refractivity contribution in [3.63, 3.8) is 0 Å². The standard InChI is InChI=1S/C16H32O4/c1-8-11-12-18-20-19-14(17)16(7,10-3)15(5,6)13(4)9-2/h13H,8-12H2,1-7H3. The average molecular weight is 288 g/mol. The van der Waals surface area contributed by atoms with E-state index in [2.05, 4.69) is 39.7 Å². The molecule has 0 spiro atoms. The van der Waals surface area contributed by atoms with Crippen molar-refractivity contribution >= 4 is 5.97 Å². The van der Waals surface area contributed by atoms with E-state index >= 15 is 0 Å². The van der Waals surface area contributed by atoms with Gasteiger partial charge in [0.1, 0.15) is 0 Å². The summed E-state index contributed by atoms with van der Waals surface area (Å²) in [5, 5.41) is 4.60. The molecule has 0 saturated heterocycles. The van der Waals surface area contributed by atoms with Crippen LogP contribution in [0.4, 0.5) is 0 Å². The van der Waals surface area contributed by atoms with Crippen LogP contribution in [0.15, 0.2) is 0 Å². The maximum atomic E-state index is 12.4.